The van der Waals surface area contributed by atoms with Crippen LogP contribution in [0.2, 0.25) is 0 Å². The molecule has 0 aromatic heterocycles. The standard InChI is InChI=1S/C7H12N2/c1-4-7(6(2)3)9-5-8/h4-6,8H,1H2,2-3H3/b8-5?,9-7+. The van der Waals surface area contributed by atoms with Crippen LogP contribution in [0.3, 0.4) is 0 Å². The van der Waals surface area contributed by atoms with Gasteiger partial charge in [0.25, 0.3) is 0 Å². The summed E-state index contributed by atoms with van der Waals surface area (Å²) in [4.78, 5) is 3.78. The number of hydrogen-bond acceptors (Lipinski definition) is 1. The van der Waals surface area contributed by atoms with Crippen LogP contribution in [-0.2, 0) is 0 Å². The minimum absolute atomic E-state index is 0.365. The van der Waals surface area contributed by atoms with Crippen LogP contribution in [0.15, 0.2) is 17.6 Å². The van der Waals surface area contributed by atoms with Crippen molar-refractivity contribution in [1.82, 2.24) is 0 Å². The van der Waals surface area contributed by atoms with E-state index in [-0.39, 0.29) is 0 Å². The van der Waals surface area contributed by atoms with Crippen LogP contribution in [0.4, 0.5) is 0 Å². The summed E-state index contributed by atoms with van der Waals surface area (Å²) in [5, 5.41) is 6.67. The Morgan fingerprint density at radius 1 is 1.67 bits per heavy atom. The molecule has 0 radical (unpaired) electrons. The second-order valence-corrected chi connectivity index (χ2v) is 2.04. The van der Waals surface area contributed by atoms with Crippen molar-refractivity contribution < 1.29 is 0 Å². The summed E-state index contributed by atoms with van der Waals surface area (Å²) in [5.74, 6) is 0.365. The van der Waals surface area contributed by atoms with Crippen LogP contribution < -0.4 is 0 Å². The zero-order valence-electron chi connectivity index (χ0n) is 5.89. The molecule has 0 saturated heterocycles. The van der Waals surface area contributed by atoms with Gasteiger partial charge in [-0.3, -0.25) is 5.41 Å². The third-order valence-corrected chi connectivity index (χ3v) is 1.01. The van der Waals surface area contributed by atoms with E-state index < -0.39 is 0 Å². The van der Waals surface area contributed by atoms with Crippen LogP contribution in [-0.4, -0.2) is 12.1 Å². The number of allylic oxidation sites excluding steroid dienone is 1. The Kier molecular flexibility index (Phi) is 3.60. The lowest BCUT2D eigenvalue weighted by atomic mass is 10.1. The topological polar surface area (TPSA) is 36.2 Å². The molecule has 1 N–H and O–H groups in total. The highest BCUT2D eigenvalue weighted by Gasteiger charge is 1.96. The van der Waals surface area contributed by atoms with Crippen molar-refractivity contribution >= 4 is 12.1 Å². The van der Waals surface area contributed by atoms with Gasteiger partial charge in [-0.1, -0.05) is 20.4 Å². The number of rotatable bonds is 3. The molecule has 0 aliphatic carbocycles. The van der Waals surface area contributed by atoms with Crippen molar-refractivity contribution in [2.24, 2.45) is 10.9 Å². The second-order valence-electron chi connectivity index (χ2n) is 2.04. The number of nitrogens with zero attached hydrogens (tertiary/aromatic N) is 1. The van der Waals surface area contributed by atoms with Crippen molar-refractivity contribution in [3.63, 3.8) is 0 Å². The van der Waals surface area contributed by atoms with Gasteiger partial charge in [-0.15, -0.1) is 0 Å². The SMILES string of the molecule is C=C/C(=N\C=N)C(C)C. The van der Waals surface area contributed by atoms with E-state index in [9.17, 15) is 0 Å². The normalized spacial score (nSPS) is 11.7. The molecule has 0 bridgehead atoms. The molecule has 0 aromatic rings. The molecule has 0 unspecified atom stereocenters. The molecule has 2 nitrogen and oxygen atoms in total. The molecule has 9 heavy (non-hydrogen) atoms. The van der Waals surface area contributed by atoms with Crippen molar-refractivity contribution in [3.05, 3.63) is 12.7 Å². The molecule has 0 aromatic carbocycles. The molecule has 0 heterocycles. The predicted molar refractivity (Wildman–Crippen MR) is 41.3 cm³/mol. The van der Waals surface area contributed by atoms with Gasteiger partial charge in [0, 0.05) is 5.71 Å². The van der Waals surface area contributed by atoms with E-state index in [4.69, 9.17) is 5.41 Å². The third kappa shape index (κ3) is 2.80. The van der Waals surface area contributed by atoms with Gasteiger partial charge in [0.2, 0.25) is 0 Å². The lowest BCUT2D eigenvalue weighted by molar-refractivity contribution is 0.891. The van der Waals surface area contributed by atoms with Crippen molar-refractivity contribution in [3.8, 4) is 0 Å². The maximum atomic E-state index is 6.67. The molecule has 0 amide bonds. The Balaban J connectivity index is 4.13. The summed E-state index contributed by atoms with van der Waals surface area (Å²) >= 11 is 0. The fourth-order valence-corrected chi connectivity index (χ4v) is 0.512. The van der Waals surface area contributed by atoms with Gasteiger partial charge in [0.15, 0.2) is 0 Å². The van der Waals surface area contributed by atoms with Crippen LogP contribution >= 0.6 is 0 Å². The summed E-state index contributed by atoms with van der Waals surface area (Å²) < 4.78 is 0. The van der Waals surface area contributed by atoms with Crippen molar-refractivity contribution in [2.45, 2.75) is 13.8 Å². The van der Waals surface area contributed by atoms with Crippen LogP contribution in [0.25, 0.3) is 0 Å². The maximum Gasteiger partial charge on any atom is 0.107 e. The average molecular weight is 124 g/mol. The molecule has 0 aliphatic rings. The highest BCUT2D eigenvalue weighted by atomic mass is 14.8. The Bertz CT molecular complexity index is 134. The molecular formula is C7H12N2. The maximum absolute atomic E-state index is 6.67. The first-order valence-electron chi connectivity index (χ1n) is 2.91. The Morgan fingerprint density at radius 2 is 2.22 bits per heavy atom. The van der Waals surface area contributed by atoms with Gasteiger partial charge in [-0.25, -0.2) is 4.99 Å². The Morgan fingerprint density at radius 3 is 2.33 bits per heavy atom. The number of nitrogens with one attached hydrogen (secondary N) is 1. The summed E-state index contributed by atoms with van der Waals surface area (Å²) in [6, 6.07) is 0. The molecular weight excluding hydrogens is 112 g/mol. The first-order chi connectivity index (χ1) is 4.22. The fourth-order valence-electron chi connectivity index (χ4n) is 0.512. The number of aliphatic imine (C=N–C) groups is 1. The summed E-state index contributed by atoms with van der Waals surface area (Å²) in [6.45, 7) is 7.60. The molecule has 0 fully saturated rings. The first-order valence-corrected chi connectivity index (χ1v) is 2.91. The summed E-state index contributed by atoms with van der Waals surface area (Å²) in [6.07, 6.45) is 2.72. The van der Waals surface area contributed by atoms with Crippen molar-refractivity contribution in [2.75, 3.05) is 0 Å². The predicted octanol–water partition coefficient (Wildman–Crippen LogP) is 1.88. The lowest BCUT2D eigenvalue weighted by Gasteiger charge is -2.00. The van der Waals surface area contributed by atoms with E-state index >= 15 is 0 Å². The Labute approximate surface area is 55.8 Å². The summed E-state index contributed by atoms with van der Waals surface area (Å²) in [7, 11) is 0. The van der Waals surface area contributed by atoms with Gasteiger partial charge in [0.1, 0.15) is 6.34 Å². The largest absolute Gasteiger partial charge is 0.290 e. The number of hydrogen-bond donors (Lipinski definition) is 1. The van der Waals surface area contributed by atoms with E-state index in [1.54, 1.807) is 6.08 Å². The molecule has 0 aliphatic heterocycles. The van der Waals surface area contributed by atoms with Gasteiger partial charge >= 0.3 is 0 Å². The smallest absolute Gasteiger partial charge is 0.107 e. The monoisotopic (exact) mass is 124 g/mol. The second kappa shape index (κ2) is 4.01. The van der Waals surface area contributed by atoms with E-state index in [0.29, 0.717) is 5.92 Å². The molecule has 0 rings (SSSR count). The Hall–Kier alpha value is -0.920. The average Bonchev–Trinajstić information content (AvgIpc) is 1.82. The minimum Gasteiger partial charge on any atom is -0.290 e. The fraction of sp³-hybridized carbons (Fsp3) is 0.429. The van der Waals surface area contributed by atoms with Gasteiger partial charge in [-0.05, 0) is 12.0 Å². The molecule has 0 atom stereocenters. The first kappa shape index (κ1) is 8.08. The third-order valence-electron chi connectivity index (χ3n) is 1.01. The van der Waals surface area contributed by atoms with E-state index in [0.717, 1.165) is 12.1 Å². The zero-order chi connectivity index (χ0) is 7.28. The van der Waals surface area contributed by atoms with Crippen LogP contribution in [0, 0.1) is 11.3 Å². The van der Waals surface area contributed by atoms with Gasteiger partial charge in [0.05, 0.1) is 0 Å². The van der Waals surface area contributed by atoms with E-state index in [2.05, 4.69) is 11.6 Å². The molecule has 0 spiro atoms. The van der Waals surface area contributed by atoms with E-state index in [1.165, 1.54) is 0 Å². The molecule has 2 heteroatoms. The van der Waals surface area contributed by atoms with E-state index in [1.807, 2.05) is 13.8 Å². The van der Waals surface area contributed by atoms with Gasteiger partial charge in [-0.2, -0.15) is 0 Å². The summed E-state index contributed by atoms with van der Waals surface area (Å²) in [5.41, 5.74) is 0.866. The van der Waals surface area contributed by atoms with Crippen LogP contribution in [0.1, 0.15) is 13.8 Å². The quantitative estimate of drug-likeness (QED) is 0.440. The lowest BCUT2D eigenvalue weighted by Crippen LogP contribution is -2.02. The van der Waals surface area contributed by atoms with Gasteiger partial charge < -0.3 is 0 Å². The molecule has 0 saturated carbocycles. The highest BCUT2D eigenvalue weighted by Crippen LogP contribution is 1.96. The van der Waals surface area contributed by atoms with Crippen molar-refractivity contribution in [1.29, 1.82) is 5.41 Å². The molecule has 50 valence electrons. The zero-order valence-corrected chi connectivity index (χ0v) is 5.89. The highest BCUT2D eigenvalue weighted by molar-refractivity contribution is 5.99. The minimum atomic E-state index is 0.365. The van der Waals surface area contributed by atoms with Crippen LogP contribution in [0.5, 0.6) is 0 Å².